The fourth-order valence-corrected chi connectivity index (χ4v) is 1.26. The van der Waals surface area contributed by atoms with Gasteiger partial charge in [0.2, 0.25) is 0 Å². The van der Waals surface area contributed by atoms with Crippen LogP contribution in [-0.2, 0) is 0 Å². The van der Waals surface area contributed by atoms with Crippen molar-refractivity contribution in [2.75, 3.05) is 0 Å². The van der Waals surface area contributed by atoms with E-state index in [1.165, 1.54) is 0 Å². The number of rotatable bonds is 0. The van der Waals surface area contributed by atoms with Gasteiger partial charge in [0, 0.05) is 11.6 Å². The largest absolute Gasteiger partial charge is 0.458 e. The Kier molecular flexibility index (Phi) is 1.36. The van der Waals surface area contributed by atoms with Crippen molar-refractivity contribution in [1.29, 1.82) is 0 Å². The van der Waals surface area contributed by atoms with Gasteiger partial charge in [0.1, 0.15) is 5.76 Å². The lowest BCUT2D eigenvalue weighted by molar-refractivity contribution is 0.577. The summed E-state index contributed by atoms with van der Waals surface area (Å²) >= 11 is 5.77. The standard InChI is InChI=1S/C8H6ClNO/c1-5-4-6-2-3-10-8(9)7(6)11-5/h2-4H,1H3. The molecule has 3 heteroatoms. The second kappa shape index (κ2) is 2.24. The predicted octanol–water partition coefficient (Wildman–Crippen LogP) is 2.79. The van der Waals surface area contributed by atoms with E-state index in [2.05, 4.69) is 4.98 Å². The van der Waals surface area contributed by atoms with E-state index in [9.17, 15) is 0 Å². The average Bonchev–Trinajstić information content (AvgIpc) is 2.31. The highest BCUT2D eigenvalue weighted by atomic mass is 35.5. The number of aryl methyl sites for hydroxylation is 1. The Labute approximate surface area is 68.8 Å². The van der Waals surface area contributed by atoms with Gasteiger partial charge < -0.3 is 4.42 Å². The molecule has 0 saturated carbocycles. The Hall–Kier alpha value is -1.02. The Bertz CT molecular complexity index is 394. The zero-order chi connectivity index (χ0) is 7.84. The van der Waals surface area contributed by atoms with Gasteiger partial charge in [-0.05, 0) is 19.1 Å². The Morgan fingerprint density at radius 3 is 3.09 bits per heavy atom. The van der Waals surface area contributed by atoms with Gasteiger partial charge in [0.05, 0.1) is 0 Å². The number of furan rings is 1. The van der Waals surface area contributed by atoms with Gasteiger partial charge >= 0.3 is 0 Å². The van der Waals surface area contributed by atoms with Crippen molar-refractivity contribution >= 4 is 22.6 Å². The van der Waals surface area contributed by atoms with Gasteiger partial charge in [0.15, 0.2) is 10.7 Å². The molecule has 2 aromatic rings. The third-order valence-electron chi connectivity index (χ3n) is 1.51. The molecule has 0 amide bonds. The molecular weight excluding hydrogens is 162 g/mol. The first kappa shape index (κ1) is 6.68. The number of hydrogen-bond acceptors (Lipinski definition) is 2. The Morgan fingerprint density at radius 1 is 1.55 bits per heavy atom. The van der Waals surface area contributed by atoms with E-state index in [4.69, 9.17) is 16.0 Å². The van der Waals surface area contributed by atoms with Crippen LogP contribution in [0, 0.1) is 6.92 Å². The van der Waals surface area contributed by atoms with Crippen LogP contribution in [0.15, 0.2) is 22.7 Å². The second-order valence-electron chi connectivity index (χ2n) is 2.38. The molecule has 0 aliphatic heterocycles. The van der Waals surface area contributed by atoms with Crippen LogP contribution in [-0.4, -0.2) is 4.98 Å². The molecule has 0 aromatic carbocycles. The van der Waals surface area contributed by atoms with Crippen LogP contribution >= 0.6 is 11.6 Å². The van der Waals surface area contributed by atoms with Crippen LogP contribution in [0.1, 0.15) is 5.76 Å². The number of hydrogen-bond donors (Lipinski definition) is 0. The summed E-state index contributed by atoms with van der Waals surface area (Å²) in [7, 11) is 0. The van der Waals surface area contributed by atoms with Gasteiger partial charge in [-0.3, -0.25) is 0 Å². The summed E-state index contributed by atoms with van der Waals surface area (Å²) in [6, 6.07) is 3.81. The molecule has 0 spiro atoms. The van der Waals surface area contributed by atoms with E-state index < -0.39 is 0 Å². The maximum Gasteiger partial charge on any atom is 0.172 e. The van der Waals surface area contributed by atoms with Crippen molar-refractivity contribution in [2.45, 2.75) is 6.92 Å². The molecule has 2 aromatic heterocycles. The SMILES string of the molecule is Cc1cc2ccnc(Cl)c2o1. The molecule has 11 heavy (non-hydrogen) atoms. The van der Waals surface area contributed by atoms with Crippen LogP contribution in [0.25, 0.3) is 11.0 Å². The van der Waals surface area contributed by atoms with Gasteiger partial charge in [-0.25, -0.2) is 4.98 Å². The van der Waals surface area contributed by atoms with Crippen molar-refractivity contribution < 1.29 is 4.42 Å². The first-order chi connectivity index (χ1) is 5.27. The van der Waals surface area contributed by atoms with Crippen molar-refractivity contribution in [3.8, 4) is 0 Å². The third kappa shape index (κ3) is 0.994. The van der Waals surface area contributed by atoms with E-state index in [-0.39, 0.29) is 0 Å². The van der Waals surface area contributed by atoms with Crippen LogP contribution in [0.5, 0.6) is 0 Å². The zero-order valence-corrected chi connectivity index (χ0v) is 6.72. The smallest absolute Gasteiger partial charge is 0.172 e. The molecule has 2 heterocycles. The summed E-state index contributed by atoms with van der Waals surface area (Å²) in [5.74, 6) is 0.856. The highest BCUT2D eigenvalue weighted by Gasteiger charge is 2.03. The molecule has 0 radical (unpaired) electrons. The summed E-state index contributed by atoms with van der Waals surface area (Å²) < 4.78 is 5.30. The summed E-state index contributed by atoms with van der Waals surface area (Å²) in [5.41, 5.74) is 0.673. The molecule has 0 fully saturated rings. The minimum atomic E-state index is 0.426. The summed E-state index contributed by atoms with van der Waals surface area (Å²) in [6.07, 6.45) is 1.67. The quantitative estimate of drug-likeness (QED) is 0.564. The molecule has 0 bridgehead atoms. The maximum atomic E-state index is 5.77. The van der Waals surface area contributed by atoms with Crippen molar-refractivity contribution in [2.24, 2.45) is 0 Å². The highest BCUT2D eigenvalue weighted by Crippen LogP contribution is 2.23. The lowest BCUT2D eigenvalue weighted by atomic mass is 10.3. The maximum absolute atomic E-state index is 5.77. The zero-order valence-electron chi connectivity index (χ0n) is 5.97. The van der Waals surface area contributed by atoms with Crippen LogP contribution < -0.4 is 0 Å². The summed E-state index contributed by atoms with van der Waals surface area (Å²) in [5, 5.41) is 1.43. The van der Waals surface area contributed by atoms with Gasteiger partial charge in [0.25, 0.3) is 0 Å². The number of aromatic nitrogens is 1. The monoisotopic (exact) mass is 167 g/mol. The number of halogens is 1. The predicted molar refractivity (Wildman–Crippen MR) is 43.8 cm³/mol. The van der Waals surface area contributed by atoms with Crippen LogP contribution in [0.2, 0.25) is 5.15 Å². The fraction of sp³-hybridized carbons (Fsp3) is 0.125. The minimum absolute atomic E-state index is 0.426. The lowest BCUT2D eigenvalue weighted by Crippen LogP contribution is -1.71. The second-order valence-corrected chi connectivity index (χ2v) is 2.74. The Balaban J connectivity index is 2.90. The highest BCUT2D eigenvalue weighted by molar-refractivity contribution is 6.33. The Morgan fingerprint density at radius 2 is 2.36 bits per heavy atom. The molecule has 0 unspecified atom stereocenters. The first-order valence-electron chi connectivity index (χ1n) is 3.28. The van der Waals surface area contributed by atoms with E-state index in [1.54, 1.807) is 6.20 Å². The number of nitrogens with zero attached hydrogens (tertiary/aromatic N) is 1. The fourth-order valence-electron chi connectivity index (χ4n) is 1.06. The van der Waals surface area contributed by atoms with Gasteiger partial charge in [-0.2, -0.15) is 0 Å². The summed E-state index contributed by atoms with van der Waals surface area (Å²) in [4.78, 5) is 3.89. The molecule has 2 rings (SSSR count). The molecule has 0 N–H and O–H groups in total. The van der Waals surface area contributed by atoms with E-state index in [0.29, 0.717) is 10.7 Å². The molecule has 0 atom stereocenters. The van der Waals surface area contributed by atoms with Crippen molar-refractivity contribution in [1.82, 2.24) is 4.98 Å². The normalized spacial score (nSPS) is 10.7. The third-order valence-corrected chi connectivity index (χ3v) is 1.78. The number of pyridine rings is 1. The molecule has 0 aliphatic rings. The first-order valence-corrected chi connectivity index (χ1v) is 3.66. The topological polar surface area (TPSA) is 26.0 Å². The molecule has 2 nitrogen and oxygen atoms in total. The van der Waals surface area contributed by atoms with Crippen molar-refractivity contribution in [3.05, 3.63) is 29.2 Å². The summed E-state index contributed by atoms with van der Waals surface area (Å²) in [6.45, 7) is 1.89. The van der Waals surface area contributed by atoms with E-state index in [1.807, 2.05) is 19.1 Å². The van der Waals surface area contributed by atoms with Crippen LogP contribution in [0.4, 0.5) is 0 Å². The average molecular weight is 168 g/mol. The minimum Gasteiger partial charge on any atom is -0.458 e. The van der Waals surface area contributed by atoms with Crippen LogP contribution in [0.3, 0.4) is 0 Å². The van der Waals surface area contributed by atoms with Gasteiger partial charge in [-0.15, -0.1) is 0 Å². The van der Waals surface area contributed by atoms with Crippen molar-refractivity contribution in [3.63, 3.8) is 0 Å². The lowest BCUT2D eigenvalue weighted by Gasteiger charge is -1.87. The molecule has 56 valence electrons. The van der Waals surface area contributed by atoms with Gasteiger partial charge in [-0.1, -0.05) is 11.6 Å². The molecule has 0 aliphatic carbocycles. The van der Waals surface area contributed by atoms with E-state index in [0.717, 1.165) is 11.1 Å². The number of fused-ring (bicyclic) bond motifs is 1. The molecule has 0 saturated heterocycles. The van der Waals surface area contributed by atoms with E-state index >= 15 is 0 Å². The molecular formula is C8H6ClNO.